The summed E-state index contributed by atoms with van der Waals surface area (Å²) < 4.78 is 24.5. The van der Waals surface area contributed by atoms with Crippen molar-refractivity contribution in [3.8, 4) is 17.0 Å². The Bertz CT molecular complexity index is 1140. The molecule has 1 aromatic heterocycles. The van der Waals surface area contributed by atoms with Crippen LogP contribution in [0.25, 0.3) is 22.2 Å². The summed E-state index contributed by atoms with van der Waals surface area (Å²) in [6.45, 7) is 3.60. The molecule has 1 aliphatic heterocycles. The first-order valence-corrected chi connectivity index (χ1v) is 9.83. The maximum absolute atomic E-state index is 13.3. The largest absolute Gasteiger partial charge is 0.492 e. The van der Waals surface area contributed by atoms with Crippen molar-refractivity contribution >= 4 is 11.0 Å². The third-order valence-corrected chi connectivity index (χ3v) is 5.45. The van der Waals surface area contributed by atoms with Crippen LogP contribution in [0.3, 0.4) is 0 Å². The molecule has 0 saturated carbocycles. The summed E-state index contributed by atoms with van der Waals surface area (Å²) in [4.78, 5) is 2.43. The zero-order valence-electron chi connectivity index (χ0n) is 16.0. The molecule has 146 valence electrons. The zero-order chi connectivity index (χ0) is 19.6. The molecule has 0 fully saturated rings. The molecule has 0 atom stereocenters. The summed E-state index contributed by atoms with van der Waals surface area (Å²) in [7, 11) is 0. The van der Waals surface area contributed by atoms with Gasteiger partial charge in [-0.15, -0.1) is 0 Å². The van der Waals surface area contributed by atoms with E-state index in [4.69, 9.17) is 9.26 Å². The molecular formula is C24H21FN2O2. The highest BCUT2D eigenvalue weighted by atomic mass is 19.1. The van der Waals surface area contributed by atoms with Crippen LogP contribution in [0, 0.1) is 5.82 Å². The molecule has 0 saturated heterocycles. The van der Waals surface area contributed by atoms with Gasteiger partial charge >= 0.3 is 0 Å². The standard InChI is InChI=1S/C24H21FN2O2/c25-20-7-10-22-23(15-20)29-26-24(22)18-5-8-21(9-6-18)28-14-13-27-12-11-17-3-1-2-4-19(17)16-27/h1-10,15H,11-14,16H2. The fraction of sp³-hybridized carbons (Fsp3) is 0.208. The smallest absolute Gasteiger partial charge is 0.170 e. The van der Waals surface area contributed by atoms with Crippen LogP contribution in [0.2, 0.25) is 0 Å². The van der Waals surface area contributed by atoms with Crippen LogP contribution in [0.1, 0.15) is 11.1 Å². The zero-order valence-corrected chi connectivity index (χ0v) is 16.0. The van der Waals surface area contributed by atoms with Gasteiger partial charge in [0.1, 0.15) is 23.9 Å². The maximum Gasteiger partial charge on any atom is 0.170 e. The minimum atomic E-state index is -0.332. The van der Waals surface area contributed by atoms with Gasteiger partial charge in [-0.3, -0.25) is 4.90 Å². The van der Waals surface area contributed by atoms with Crippen LogP contribution in [-0.4, -0.2) is 29.8 Å². The molecule has 0 radical (unpaired) electrons. The van der Waals surface area contributed by atoms with Gasteiger partial charge in [-0.25, -0.2) is 4.39 Å². The number of benzene rings is 3. The van der Waals surface area contributed by atoms with Gasteiger partial charge in [0.15, 0.2) is 5.58 Å². The molecule has 29 heavy (non-hydrogen) atoms. The third-order valence-electron chi connectivity index (χ3n) is 5.45. The van der Waals surface area contributed by atoms with Crippen LogP contribution in [0.5, 0.6) is 5.75 Å². The van der Waals surface area contributed by atoms with Crippen LogP contribution >= 0.6 is 0 Å². The molecule has 0 amide bonds. The Kier molecular flexibility index (Phi) is 4.74. The Hall–Kier alpha value is -3.18. The van der Waals surface area contributed by atoms with E-state index in [1.165, 1.54) is 23.3 Å². The summed E-state index contributed by atoms with van der Waals surface area (Å²) >= 11 is 0. The number of fused-ring (bicyclic) bond motifs is 2. The Labute approximate surface area is 168 Å². The number of nitrogens with zero attached hydrogens (tertiary/aromatic N) is 2. The topological polar surface area (TPSA) is 38.5 Å². The van der Waals surface area contributed by atoms with Gasteiger partial charge in [0.25, 0.3) is 0 Å². The molecule has 1 aliphatic rings. The summed E-state index contributed by atoms with van der Waals surface area (Å²) in [5.41, 5.74) is 4.95. The van der Waals surface area contributed by atoms with Crippen LogP contribution in [-0.2, 0) is 13.0 Å². The van der Waals surface area contributed by atoms with Gasteiger partial charge in [-0.05, 0) is 53.9 Å². The molecule has 0 bridgehead atoms. The molecule has 5 rings (SSSR count). The molecule has 0 spiro atoms. The van der Waals surface area contributed by atoms with Gasteiger partial charge < -0.3 is 9.26 Å². The van der Waals surface area contributed by atoms with Crippen molar-refractivity contribution in [1.29, 1.82) is 0 Å². The SMILES string of the molecule is Fc1ccc2c(-c3ccc(OCCN4CCc5ccccc5C4)cc3)noc2c1. The van der Waals surface area contributed by atoms with Gasteiger partial charge in [0.05, 0.1) is 0 Å². The van der Waals surface area contributed by atoms with Crippen molar-refractivity contribution in [2.45, 2.75) is 13.0 Å². The molecule has 2 heterocycles. The van der Waals surface area contributed by atoms with Crippen molar-refractivity contribution in [3.05, 3.63) is 83.7 Å². The van der Waals surface area contributed by atoms with Crippen molar-refractivity contribution in [1.82, 2.24) is 10.1 Å². The summed E-state index contributed by atoms with van der Waals surface area (Å²) in [5.74, 6) is 0.492. The number of halogens is 1. The van der Waals surface area contributed by atoms with E-state index >= 15 is 0 Å². The monoisotopic (exact) mass is 388 g/mol. The molecule has 4 aromatic rings. The predicted octanol–water partition coefficient (Wildman–Crippen LogP) is 5.07. The first-order chi connectivity index (χ1) is 14.3. The Morgan fingerprint density at radius 3 is 2.69 bits per heavy atom. The second kappa shape index (κ2) is 7.68. The summed E-state index contributed by atoms with van der Waals surface area (Å²) in [6.07, 6.45) is 1.10. The average molecular weight is 388 g/mol. The first kappa shape index (κ1) is 17.9. The van der Waals surface area contributed by atoms with E-state index in [-0.39, 0.29) is 5.82 Å². The summed E-state index contributed by atoms with van der Waals surface area (Å²) in [5, 5.41) is 4.89. The molecule has 0 N–H and O–H groups in total. The van der Waals surface area contributed by atoms with Crippen LogP contribution in [0.4, 0.5) is 4.39 Å². The lowest BCUT2D eigenvalue weighted by atomic mass is 10.0. The Morgan fingerprint density at radius 1 is 1.00 bits per heavy atom. The van der Waals surface area contributed by atoms with E-state index < -0.39 is 0 Å². The normalized spacial score (nSPS) is 14.1. The molecule has 0 unspecified atom stereocenters. The van der Waals surface area contributed by atoms with E-state index in [0.717, 1.165) is 42.8 Å². The van der Waals surface area contributed by atoms with Crippen molar-refractivity contribution < 1.29 is 13.7 Å². The number of aromatic nitrogens is 1. The Balaban J connectivity index is 1.20. The fourth-order valence-corrected chi connectivity index (χ4v) is 3.87. The van der Waals surface area contributed by atoms with Gasteiger partial charge in [0, 0.05) is 36.7 Å². The van der Waals surface area contributed by atoms with Crippen molar-refractivity contribution in [2.24, 2.45) is 0 Å². The third kappa shape index (κ3) is 3.74. The lowest BCUT2D eigenvalue weighted by molar-refractivity contribution is 0.196. The molecule has 3 aromatic carbocycles. The molecular weight excluding hydrogens is 367 g/mol. The predicted molar refractivity (Wildman–Crippen MR) is 110 cm³/mol. The average Bonchev–Trinajstić information content (AvgIpc) is 3.17. The molecule has 0 aliphatic carbocycles. The van der Waals surface area contributed by atoms with Crippen molar-refractivity contribution in [3.63, 3.8) is 0 Å². The van der Waals surface area contributed by atoms with Crippen LogP contribution in [0.15, 0.2) is 71.3 Å². The fourth-order valence-electron chi connectivity index (χ4n) is 3.87. The van der Waals surface area contributed by atoms with E-state index in [1.54, 1.807) is 6.07 Å². The quantitative estimate of drug-likeness (QED) is 0.478. The number of hydrogen-bond acceptors (Lipinski definition) is 4. The van der Waals surface area contributed by atoms with E-state index in [0.29, 0.717) is 17.9 Å². The number of hydrogen-bond donors (Lipinski definition) is 0. The van der Waals surface area contributed by atoms with E-state index in [9.17, 15) is 4.39 Å². The molecule has 5 heteroatoms. The lowest BCUT2D eigenvalue weighted by Crippen LogP contribution is -2.33. The number of rotatable bonds is 5. The van der Waals surface area contributed by atoms with Gasteiger partial charge in [-0.2, -0.15) is 0 Å². The highest BCUT2D eigenvalue weighted by Crippen LogP contribution is 2.29. The lowest BCUT2D eigenvalue weighted by Gasteiger charge is -2.28. The second-order valence-corrected chi connectivity index (χ2v) is 7.34. The minimum absolute atomic E-state index is 0.332. The van der Waals surface area contributed by atoms with E-state index in [2.05, 4.69) is 34.3 Å². The molecule has 4 nitrogen and oxygen atoms in total. The highest BCUT2D eigenvalue weighted by molar-refractivity contribution is 5.91. The maximum atomic E-state index is 13.3. The summed E-state index contributed by atoms with van der Waals surface area (Å²) in [6, 6.07) is 20.9. The second-order valence-electron chi connectivity index (χ2n) is 7.34. The van der Waals surface area contributed by atoms with Crippen LogP contribution < -0.4 is 4.74 Å². The van der Waals surface area contributed by atoms with Gasteiger partial charge in [0.2, 0.25) is 0 Å². The minimum Gasteiger partial charge on any atom is -0.492 e. The van der Waals surface area contributed by atoms with Crippen molar-refractivity contribution in [2.75, 3.05) is 19.7 Å². The highest BCUT2D eigenvalue weighted by Gasteiger charge is 2.15. The first-order valence-electron chi connectivity index (χ1n) is 9.83. The van der Waals surface area contributed by atoms with Gasteiger partial charge in [-0.1, -0.05) is 29.4 Å². The number of ether oxygens (including phenoxy) is 1. The Morgan fingerprint density at radius 2 is 1.83 bits per heavy atom. The van der Waals surface area contributed by atoms with E-state index in [1.807, 2.05) is 24.3 Å².